The molecule has 25 heavy (non-hydrogen) atoms. The number of carbonyl (C=O) groups is 1. The summed E-state index contributed by atoms with van der Waals surface area (Å²) in [7, 11) is 0. The normalized spacial score (nSPS) is 27.8. The maximum absolute atomic E-state index is 13.1. The minimum absolute atomic E-state index is 0.115. The van der Waals surface area contributed by atoms with Crippen molar-refractivity contribution in [3.8, 4) is 0 Å². The van der Waals surface area contributed by atoms with E-state index >= 15 is 0 Å². The van der Waals surface area contributed by atoms with E-state index in [-0.39, 0.29) is 11.9 Å². The molecule has 0 bridgehead atoms. The van der Waals surface area contributed by atoms with Crippen LogP contribution in [0.5, 0.6) is 0 Å². The van der Waals surface area contributed by atoms with Crippen molar-refractivity contribution in [2.75, 3.05) is 32.7 Å². The Morgan fingerprint density at radius 1 is 1.32 bits per heavy atom. The lowest BCUT2D eigenvalue weighted by Crippen LogP contribution is -2.55. The van der Waals surface area contributed by atoms with Gasteiger partial charge in [-0.3, -0.25) is 0 Å². The van der Waals surface area contributed by atoms with Crippen molar-refractivity contribution >= 4 is 6.03 Å². The molecule has 2 saturated heterocycles. The van der Waals surface area contributed by atoms with Crippen molar-refractivity contribution in [1.29, 1.82) is 0 Å². The van der Waals surface area contributed by atoms with Gasteiger partial charge in [-0.1, -0.05) is 12.1 Å². The third kappa shape index (κ3) is 5.41. The number of amides is 2. The molecule has 138 valence electrons. The van der Waals surface area contributed by atoms with E-state index in [1.54, 1.807) is 12.1 Å². The Balaban J connectivity index is 1.53. The highest BCUT2D eigenvalue weighted by molar-refractivity contribution is 5.72. The van der Waals surface area contributed by atoms with E-state index in [2.05, 4.69) is 15.5 Å². The molecule has 4 N–H and O–H groups in total. The van der Waals surface area contributed by atoms with Gasteiger partial charge >= 0.3 is 6.03 Å². The monoisotopic (exact) mass is 348 g/mol. The Kier molecular flexibility index (Phi) is 6.26. The highest BCUT2D eigenvalue weighted by Gasteiger charge is 2.29. The molecule has 1 aromatic carbocycles. The molecule has 6 heteroatoms. The number of hydrogen-bond donors (Lipinski definition) is 3. The molecule has 3 atom stereocenters. The molecule has 2 heterocycles. The van der Waals surface area contributed by atoms with E-state index in [4.69, 9.17) is 5.73 Å². The number of rotatable bonds is 5. The van der Waals surface area contributed by atoms with Crippen molar-refractivity contribution in [1.82, 2.24) is 15.5 Å². The van der Waals surface area contributed by atoms with Gasteiger partial charge in [0.15, 0.2) is 0 Å². The summed E-state index contributed by atoms with van der Waals surface area (Å²) < 4.78 is 13.1. The molecular formula is C19H29FN4O. The second-order valence-electron chi connectivity index (χ2n) is 7.47. The van der Waals surface area contributed by atoms with E-state index in [0.29, 0.717) is 11.8 Å². The van der Waals surface area contributed by atoms with Crippen LogP contribution in [-0.2, 0) is 6.42 Å². The summed E-state index contributed by atoms with van der Waals surface area (Å²) in [5.41, 5.74) is 6.53. The summed E-state index contributed by atoms with van der Waals surface area (Å²) in [6.07, 6.45) is 4.49. The van der Waals surface area contributed by atoms with Gasteiger partial charge in [0, 0.05) is 25.7 Å². The summed E-state index contributed by atoms with van der Waals surface area (Å²) in [6, 6.07) is 6.56. The summed E-state index contributed by atoms with van der Waals surface area (Å²) in [5, 5.41) is 6.23. The molecule has 0 spiro atoms. The van der Waals surface area contributed by atoms with Gasteiger partial charge in [-0.2, -0.15) is 0 Å². The Morgan fingerprint density at radius 2 is 2.12 bits per heavy atom. The first-order valence-electron chi connectivity index (χ1n) is 9.33. The SMILES string of the molecule is NC(=O)N[C@H]1CNCC[C@H]1CN1CCC[C@@H](Cc2ccc(F)cc2)C1. The van der Waals surface area contributed by atoms with E-state index in [1.165, 1.54) is 18.4 Å². The smallest absolute Gasteiger partial charge is 0.312 e. The van der Waals surface area contributed by atoms with Crippen molar-refractivity contribution in [3.05, 3.63) is 35.6 Å². The van der Waals surface area contributed by atoms with E-state index in [1.807, 2.05) is 12.1 Å². The number of benzene rings is 1. The first kappa shape index (κ1) is 18.1. The van der Waals surface area contributed by atoms with Gasteiger partial charge in [0.25, 0.3) is 0 Å². The molecule has 3 rings (SSSR count). The predicted molar refractivity (Wildman–Crippen MR) is 96.8 cm³/mol. The zero-order chi connectivity index (χ0) is 17.6. The van der Waals surface area contributed by atoms with Crippen LogP contribution in [-0.4, -0.2) is 49.7 Å². The number of nitrogens with two attached hydrogens (primary N) is 1. The number of halogens is 1. The summed E-state index contributed by atoms with van der Waals surface area (Å²) in [6.45, 7) is 4.99. The fraction of sp³-hybridized carbons (Fsp3) is 0.632. The Bertz CT molecular complexity index is 565. The zero-order valence-corrected chi connectivity index (χ0v) is 14.7. The maximum Gasteiger partial charge on any atom is 0.312 e. The molecule has 2 fully saturated rings. The molecule has 5 nitrogen and oxygen atoms in total. The second kappa shape index (κ2) is 8.63. The summed E-state index contributed by atoms with van der Waals surface area (Å²) >= 11 is 0. The molecule has 0 radical (unpaired) electrons. The third-order valence-electron chi connectivity index (χ3n) is 5.49. The van der Waals surface area contributed by atoms with Crippen LogP contribution in [0.2, 0.25) is 0 Å². The van der Waals surface area contributed by atoms with Gasteiger partial charge in [0.05, 0.1) is 0 Å². The predicted octanol–water partition coefficient (Wildman–Crippen LogP) is 1.73. The average molecular weight is 348 g/mol. The number of likely N-dealkylation sites (tertiary alicyclic amines) is 1. The van der Waals surface area contributed by atoms with Gasteiger partial charge in [-0.05, 0) is 68.3 Å². The van der Waals surface area contributed by atoms with Gasteiger partial charge < -0.3 is 21.3 Å². The molecule has 1 aromatic rings. The quantitative estimate of drug-likeness (QED) is 0.759. The zero-order valence-electron chi connectivity index (χ0n) is 14.7. The fourth-order valence-corrected chi connectivity index (χ4v) is 4.25. The number of nitrogens with one attached hydrogen (secondary N) is 2. The van der Waals surface area contributed by atoms with E-state index in [9.17, 15) is 9.18 Å². The highest BCUT2D eigenvalue weighted by Crippen LogP contribution is 2.23. The van der Waals surface area contributed by atoms with Crippen LogP contribution in [0, 0.1) is 17.7 Å². The molecule has 0 aliphatic carbocycles. The molecule has 0 unspecified atom stereocenters. The van der Waals surface area contributed by atoms with Gasteiger partial charge in [-0.25, -0.2) is 9.18 Å². The number of hydrogen-bond acceptors (Lipinski definition) is 3. The van der Waals surface area contributed by atoms with Crippen LogP contribution in [0.1, 0.15) is 24.8 Å². The largest absolute Gasteiger partial charge is 0.352 e. The number of piperidine rings is 2. The maximum atomic E-state index is 13.1. The lowest BCUT2D eigenvalue weighted by molar-refractivity contribution is 0.126. The minimum Gasteiger partial charge on any atom is -0.352 e. The Hall–Kier alpha value is -1.66. The number of urea groups is 1. The van der Waals surface area contributed by atoms with Crippen LogP contribution in [0.3, 0.4) is 0 Å². The first-order chi connectivity index (χ1) is 12.1. The van der Waals surface area contributed by atoms with E-state index < -0.39 is 6.03 Å². The lowest BCUT2D eigenvalue weighted by Gasteiger charge is -2.39. The second-order valence-corrected chi connectivity index (χ2v) is 7.47. The standard InChI is InChI=1S/C19H29FN4O/c20-17-5-3-14(4-6-17)10-15-2-1-9-24(12-15)13-16-7-8-22-11-18(16)23-19(21)25/h3-6,15-16,18,22H,1-2,7-13H2,(H3,21,23,25)/t15-,16-,18-/m0/s1. The highest BCUT2D eigenvalue weighted by atomic mass is 19.1. The molecule has 0 aromatic heterocycles. The minimum atomic E-state index is -0.438. The van der Waals surface area contributed by atoms with Crippen molar-refractivity contribution in [2.45, 2.75) is 31.7 Å². The fourth-order valence-electron chi connectivity index (χ4n) is 4.25. The van der Waals surface area contributed by atoms with Gasteiger partial charge in [0.1, 0.15) is 5.82 Å². The van der Waals surface area contributed by atoms with Crippen molar-refractivity contribution in [3.63, 3.8) is 0 Å². The topological polar surface area (TPSA) is 70.4 Å². The summed E-state index contributed by atoms with van der Waals surface area (Å²) in [4.78, 5) is 13.8. The van der Waals surface area contributed by atoms with Gasteiger partial charge in [0.2, 0.25) is 0 Å². The summed E-state index contributed by atoms with van der Waals surface area (Å²) in [5.74, 6) is 0.884. The van der Waals surface area contributed by atoms with Crippen LogP contribution in [0.25, 0.3) is 0 Å². The van der Waals surface area contributed by atoms with E-state index in [0.717, 1.165) is 45.6 Å². The van der Waals surface area contributed by atoms with Crippen LogP contribution in [0.4, 0.5) is 9.18 Å². The number of carbonyl (C=O) groups excluding carboxylic acids is 1. The van der Waals surface area contributed by atoms with Crippen molar-refractivity contribution < 1.29 is 9.18 Å². The molecule has 2 aliphatic heterocycles. The average Bonchev–Trinajstić information content (AvgIpc) is 2.59. The van der Waals surface area contributed by atoms with Crippen molar-refractivity contribution in [2.24, 2.45) is 17.6 Å². The Morgan fingerprint density at radius 3 is 2.88 bits per heavy atom. The third-order valence-corrected chi connectivity index (χ3v) is 5.49. The molecule has 0 saturated carbocycles. The Labute approximate surface area is 149 Å². The first-order valence-corrected chi connectivity index (χ1v) is 9.33. The van der Waals surface area contributed by atoms with Gasteiger partial charge in [-0.15, -0.1) is 0 Å². The lowest BCUT2D eigenvalue weighted by atomic mass is 9.88. The molecular weight excluding hydrogens is 319 g/mol. The van der Waals surface area contributed by atoms with Crippen LogP contribution in [0.15, 0.2) is 24.3 Å². The number of primary amides is 1. The number of nitrogens with zero attached hydrogens (tertiary/aromatic N) is 1. The molecule has 2 aliphatic rings. The van der Waals surface area contributed by atoms with Crippen LogP contribution < -0.4 is 16.4 Å². The molecule has 2 amide bonds. The van der Waals surface area contributed by atoms with Crippen LogP contribution >= 0.6 is 0 Å².